The lowest BCUT2D eigenvalue weighted by Crippen LogP contribution is -2.45. The molecule has 1 atom stereocenters. The van der Waals surface area contributed by atoms with Crippen LogP contribution < -0.4 is 14.4 Å². The number of hydrogen-bond acceptors (Lipinski definition) is 6. The Hall–Kier alpha value is -3.21. The fourth-order valence-corrected chi connectivity index (χ4v) is 6.28. The largest absolute Gasteiger partial charge is 0.454 e. The number of carbonyl (C=O) groups excluding carboxylic acids is 2. The van der Waals surface area contributed by atoms with E-state index < -0.39 is 27.9 Å². The maximum absolute atomic E-state index is 13.9. The second kappa shape index (κ2) is 9.92. The molecule has 0 radical (unpaired) electrons. The van der Waals surface area contributed by atoms with Crippen LogP contribution in [-0.4, -0.2) is 37.4 Å². The van der Waals surface area contributed by atoms with Gasteiger partial charge in [-0.05, 0) is 65.6 Å². The molecule has 2 aliphatic heterocycles. The summed E-state index contributed by atoms with van der Waals surface area (Å²) in [7, 11) is -4.15. The summed E-state index contributed by atoms with van der Waals surface area (Å²) < 4.78 is 40.3. The van der Waals surface area contributed by atoms with Crippen LogP contribution in [0.2, 0.25) is 0 Å². The van der Waals surface area contributed by atoms with Crippen molar-refractivity contribution in [3.05, 3.63) is 82.3 Å². The number of nitrogens with zero attached hydrogens (tertiary/aromatic N) is 2. The van der Waals surface area contributed by atoms with Crippen LogP contribution in [0.3, 0.4) is 0 Å². The van der Waals surface area contributed by atoms with Crippen molar-refractivity contribution in [2.45, 2.75) is 43.7 Å². The fourth-order valence-electron chi connectivity index (χ4n) is 4.44. The summed E-state index contributed by atoms with van der Waals surface area (Å²) in [5.74, 6) is 0.325. The van der Waals surface area contributed by atoms with Gasteiger partial charge in [0.2, 0.25) is 22.7 Å². The van der Waals surface area contributed by atoms with E-state index in [2.05, 4.69) is 29.8 Å². The van der Waals surface area contributed by atoms with Crippen LogP contribution in [0.1, 0.15) is 37.3 Å². The average molecular weight is 585 g/mol. The molecule has 37 heavy (non-hydrogen) atoms. The molecule has 3 aromatic carbocycles. The lowest BCUT2D eigenvalue weighted by Gasteiger charge is -2.27. The van der Waals surface area contributed by atoms with Crippen LogP contribution in [0.25, 0.3) is 0 Å². The molecule has 2 heterocycles. The Labute approximate surface area is 224 Å². The molecule has 1 unspecified atom stereocenters. The highest BCUT2D eigenvalue weighted by molar-refractivity contribution is 9.10. The first-order valence-corrected chi connectivity index (χ1v) is 14.0. The molecule has 0 bridgehead atoms. The number of amides is 2. The Morgan fingerprint density at radius 1 is 0.973 bits per heavy atom. The van der Waals surface area contributed by atoms with Crippen LogP contribution in [-0.2, 0) is 26.2 Å². The van der Waals surface area contributed by atoms with Gasteiger partial charge in [-0.25, -0.2) is 13.3 Å². The van der Waals surface area contributed by atoms with Gasteiger partial charge in [0.1, 0.15) is 6.04 Å². The summed E-state index contributed by atoms with van der Waals surface area (Å²) in [6.45, 7) is 4.06. The molecular weight excluding hydrogens is 560 g/mol. The van der Waals surface area contributed by atoms with Gasteiger partial charge in [-0.1, -0.05) is 48.0 Å². The van der Waals surface area contributed by atoms with Gasteiger partial charge in [-0.2, -0.15) is 4.31 Å². The zero-order chi connectivity index (χ0) is 26.3. The number of hydrogen-bond donors (Lipinski definition) is 0. The van der Waals surface area contributed by atoms with Crippen LogP contribution in [0.4, 0.5) is 5.69 Å². The van der Waals surface area contributed by atoms with Crippen molar-refractivity contribution >= 4 is 43.5 Å². The molecule has 8 nitrogen and oxygen atoms in total. The van der Waals surface area contributed by atoms with E-state index in [0.717, 1.165) is 19.2 Å². The van der Waals surface area contributed by atoms with E-state index in [1.165, 1.54) is 12.1 Å². The molecule has 3 aromatic rings. The SMILES string of the molecule is CC(C)c1ccc(N2C(=O)CC(N(Cc3ccc4c(c3)OCO4)S(=O)(=O)c3ccc(Br)cc3)C2=O)cc1. The number of imide groups is 1. The standard InChI is InChI=1S/C27H25BrN2O6S/c1-17(2)19-4-8-21(9-5-19)30-26(31)14-23(27(30)32)29(37(33,34)22-10-6-20(28)7-11-22)15-18-3-12-24-25(13-18)36-16-35-24/h3-13,17,23H,14-16H2,1-2H3. The van der Waals surface area contributed by atoms with E-state index in [1.807, 2.05) is 12.1 Å². The first-order valence-electron chi connectivity index (χ1n) is 11.8. The molecule has 0 aromatic heterocycles. The zero-order valence-electron chi connectivity index (χ0n) is 20.3. The van der Waals surface area contributed by atoms with Crippen molar-refractivity contribution < 1.29 is 27.5 Å². The Morgan fingerprint density at radius 2 is 1.65 bits per heavy atom. The van der Waals surface area contributed by atoms with E-state index in [4.69, 9.17) is 9.47 Å². The highest BCUT2D eigenvalue weighted by Gasteiger charge is 2.47. The van der Waals surface area contributed by atoms with E-state index >= 15 is 0 Å². The summed E-state index contributed by atoms with van der Waals surface area (Å²) in [6.07, 6.45) is -0.259. The third-order valence-corrected chi connectivity index (χ3v) is 8.88. The van der Waals surface area contributed by atoms with Gasteiger partial charge in [-0.3, -0.25) is 9.59 Å². The fraction of sp³-hybridized carbons (Fsp3) is 0.259. The molecule has 5 rings (SSSR count). The molecule has 0 spiro atoms. The number of carbonyl (C=O) groups is 2. The average Bonchev–Trinajstić information content (AvgIpc) is 3.46. The Kier molecular flexibility index (Phi) is 6.82. The molecule has 192 valence electrons. The first kappa shape index (κ1) is 25.4. The van der Waals surface area contributed by atoms with Gasteiger partial charge in [0.15, 0.2) is 11.5 Å². The van der Waals surface area contributed by atoms with Crippen LogP contribution >= 0.6 is 15.9 Å². The number of ether oxygens (including phenoxy) is 2. The Morgan fingerprint density at radius 3 is 2.32 bits per heavy atom. The normalized spacial score (nSPS) is 17.3. The topological polar surface area (TPSA) is 93.2 Å². The maximum atomic E-state index is 13.9. The van der Waals surface area contributed by atoms with Gasteiger partial charge < -0.3 is 9.47 Å². The Balaban J connectivity index is 1.52. The Bertz CT molecular complexity index is 1460. The van der Waals surface area contributed by atoms with Gasteiger partial charge >= 0.3 is 0 Å². The van der Waals surface area contributed by atoms with E-state index in [-0.39, 0.29) is 24.7 Å². The van der Waals surface area contributed by atoms with E-state index in [9.17, 15) is 18.0 Å². The van der Waals surface area contributed by atoms with Gasteiger partial charge in [0.25, 0.3) is 5.91 Å². The molecule has 0 N–H and O–H groups in total. The van der Waals surface area contributed by atoms with Crippen molar-refractivity contribution in [3.63, 3.8) is 0 Å². The number of halogens is 1. The molecule has 2 aliphatic rings. The molecule has 0 saturated carbocycles. The molecule has 2 amide bonds. The summed E-state index contributed by atoms with van der Waals surface area (Å²) in [6, 6.07) is 17.3. The number of anilines is 1. The zero-order valence-corrected chi connectivity index (χ0v) is 22.7. The van der Waals surface area contributed by atoms with Gasteiger partial charge in [0, 0.05) is 11.0 Å². The van der Waals surface area contributed by atoms with Gasteiger partial charge in [-0.15, -0.1) is 0 Å². The maximum Gasteiger partial charge on any atom is 0.252 e. The number of benzene rings is 3. The molecule has 10 heteroatoms. The molecule has 1 fully saturated rings. The van der Waals surface area contributed by atoms with Crippen molar-refractivity contribution in [2.75, 3.05) is 11.7 Å². The summed E-state index contributed by atoms with van der Waals surface area (Å²) >= 11 is 3.32. The minimum Gasteiger partial charge on any atom is -0.454 e. The molecule has 0 aliphatic carbocycles. The van der Waals surface area contributed by atoms with E-state index in [0.29, 0.717) is 28.7 Å². The third kappa shape index (κ3) is 4.88. The molecule has 1 saturated heterocycles. The number of rotatable bonds is 7. The van der Waals surface area contributed by atoms with Crippen LogP contribution in [0.15, 0.2) is 76.1 Å². The second-order valence-electron chi connectivity index (χ2n) is 9.23. The van der Waals surface area contributed by atoms with Crippen LogP contribution in [0.5, 0.6) is 11.5 Å². The molecular formula is C27H25BrN2O6S. The smallest absolute Gasteiger partial charge is 0.252 e. The second-order valence-corrected chi connectivity index (χ2v) is 12.0. The first-order chi connectivity index (χ1) is 17.6. The third-order valence-electron chi connectivity index (χ3n) is 6.48. The number of sulfonamides is 1. The van der Waals surface area contributed by atoms with Crippen molar-refractivity contribution in [2.24, 2.45) is 0 Å². The summed E-state index contributed by atoms with van der Waals surface area (Å²) in [4.78, 5) is 27.8. The minimum atomic E-state index is -4.15. The predicted molar refractivity (Wildman–Crippen MR) is 141 cm³/mol. The van der Waals surface area contributed by atoms with Crippen LogP contribution in [0, 0.1) is 0 Å². The predicted octanol–water partition coefficient (Wildman–Crippen LogP) is 4.82. The highest BCUT2D eigenvalue weighted by Crippen LogP contribution is 2.35. The van der Waals surface area contributed by atoms with E-state index in [1.54, 1.807) is 42.5 Å². The van der Waals surface area contributed by atoms with Crippen molar-refractivity contribution in [1.82, 2.24) is 4.31 Å². The minimum absolute atomic E-state index is 0.0245. The monoisotopic (exact) mass is 584 g/mol. The van der Waals surface area contributed by atoms with Crippen molar-refractivity contribution in [3.8, 4) is 11.5 Å². The summed E-state index contributed by atoms with van der Waals surface area (Å²) in [5.41, 5.74) is 2.09. The lowest BCUT2D eigenvalue weighted by molar-refractivity contribution is -0.122. The summed E-state index contributed by atoms with van der Waals surface area (Å²) in [5, 5.41) is 0. The number of fused-ring (bicyclic) bond motifs is 1. The lowest BCUT2D eigenvalue weighted by atomic mass is 10.0. The van der Waals surface area contributed by atoms with Crippen molar-refractivity contribution in [1.29, 1.82) is 0 Å². The van der Waals surface area contributed by atoms with Gasteiger partial charge in [0.05, 0.1) is 17.0 Å². The quantitative estimate of drug-likeness (QED) is 0.369. The highest BCUT2D eigenvalue weighted by atomic mass is 79.9.